The first-order valence-electron chi connectivity index (χ1n) is 6.70. The highest BCUT2D eigenvalue weighted by atomic mass is 79.9. The summed E-state index contributed by atoms with van der Waals surface area (Å²) in [6.07, 6.45) is 4.42. The SMILES string of the molecule is CC1CC(C)CC(OCC(CBr)C(C)C)C1. The van der Waals surface area contributed by atoms with Crippen LogP contribution in [0.2, 0.25) is 0 Å². The molecule has 0 bridgehead atoms. The summed E-state index contributed by atoms with van der Waals surface area (Å²) in [4.78, 5) is 0. The highest BCUT2D eigenvalue weighted by Crippen LogP contribution is 2.31. The zero-order chi connectivity index (χ0) is 12.1. The summed E-state index contributed by atoms with van der Waals surface area (Å²) in [5, 5.41) is 1.06. The molecule has 3 atom stereocenters. The molecule has 1 nitrogen and oxygen atoms in total. The molecular formula is C14H27BrO. The van der Waals surface area contributed by atoms with Gasteiger partial charge in [-0.2, -0.15) is 0 Å². The number of rotatable bonds is 5. The third-order valence-corrected chi connectivity index (χ3v) is 4.65. The molecule has 2 heteroatoms. The van der Waals surface area contributed by atoms with Crippen molar-refractivity contribution in [2.24, 2.45) is 23.7 Å². The van der Waals surface area contributed by atoms with Gasteiger partial charge in [0, 0.05) is 5.33 Å². The van der Waals surface area contributed by atoms with Crippen molar-refractivity contribution in [1.29, 1.82) is 0 Å². The molecule has 0 heterocycles. The molecule has 1 rings (SSSR count). The van der Waals surface area contributed by atoms with E-state index in [0.29, 0.717) is 17.9 Å². The number of alkyl halides is 1. The van der Waals surface area contributed by atoms with E-state index in [1.807, 2.05) is 0 Å². The van der Waals surface area contributed by atoms with Crippen LogP contribution in [-0.4, -0.2) is 18.0 Å². The lowest BCUT2D eigenvalue weighted by Gasteiger charge is -2.32. The average molecular weight is 291 g/mol. The molecule has 0 N–H and O–H groups in total. The maximum Gasteiger partial charge on any atom is 0.0580 e. The van der Waals surface area contributed by atoms with Crippen LogP contribution in [0.25, 0.3) is 0 Å². The van der Waals surface area contributed by atoms with Gasteiger partial charge in [-0.15, -0.1) is 0 Å². The molecule has 3 unspecified atom stereocenters. The molecule has 0 aliphatic heterocycles. The van der Waals surface area contributed by atoms with E-state index in [1.54, 1.807) is 0 Å². The summed E-state index contributed by atoms with van der Waals surface area (Å²) in [5.74, 6) is 3.05. The van der Waals surface area contributed by atoms with Gasteiger partial charge in [-0.1, -0.05) is 43.6 Å². The lowest BCUT2D eigenvalue weighted by Crippen LogP contribution is -2.29. The number of halogens is 1. The van der Waals surface area contributed by atoms with Gasteiger partial charge in [-0.05, 0) is 42.9 Å². The Morgan fingerprint density at radius 2 is 1.69 bits per heavy atom. The van der Waals surface area contributed by atoms with Crippen molar-refractivity contribution < 1.29 is 4.74 Å². The largest absolute Gasteiger partial charge is 0.378 e. The third kappa shape index (κ3) is 4.75. The number of hydrogen-bond acceptors (Lipinski definition) is 1. The Kier molecular flexibility index (Phi) is 6.35. The van der Waals surface area contributed by atoms with Crippen LogP contribution in [0.1, 0.15) is 47.0 Å². The van der Waals surface area contributed by atoms with Crippen LogP contribution in [0.3, 0.4) is 0 Å². The molecule has 0 aromatic heterocycles. The van der Waals surface area contributed by atoms with Gasteiger partial charge in [0.1, 0.15) is 0 Å². The van der Waals surface area contributed by atoms with E-state index in [9.17, 15) is 0 Å². The fourth-order valence-electron chi connectivity index (χ4n) is 2.68. The van der Waals surface area contributed by atoms with Crippen LogP contribution in [0.5, 0.6) is 0 Å². The molecular weight excluding hydrogens is 264 g/mol. The van der Waals surface area contributed by atoms with Gasteiger partial charge in [-0.25, -0.2) is 0 Å². The van der Waals surface area contributed by atoms with Gasteiger partial charge in [-0.3, -0.25) is 0 Å². The second kappa shape index (κ2) is 7.00. The molecule has 16 heavy (non-hydrogen) atoms. The van der Waals surface area contributed by atoms with E-state index in [4.69, 9.17) is 4.74 Å². The first-order valence-corrected chi connectivity index (χ1v) is 7.82. The summed E-state index contributed by atoms with van der Waals surface area (Å²) in [6.45, 7) is 10.2. The summed E-state index contributed by atoms with van der Waals surface area (Å²) in [5.41, 5.74) is 0. The normalized spacial score (nSPS) is 33.0. The molecule has 1 aliphatic rings. The smallest absolute Gasteiger partial charge is 0.0580 e. The molecule has 0 saturated heterocycles. The van der Waals surface area contributed by atoms with Crippen LogP contribution in [0.4, 0.5) is 0 Å². The van der Waals surface area contributed by atoms with Crippen molar-refractivity contribution in [2.45, 2.75) is 53.1 Å². The topological polar surface area (TPSA) is 9.23 Å². The summed E-state index contributed by atoms with van der Waals surface area (Å²) >= 11 is 3.59. The van der Waals surface area contributed by atoms with Crippen molar-refractivity contribution in [2.75, 3.05) is 11.9 Å². The van der Waals surface area contributed by atoms with E-state index >= 15 is 0 Å². The number of ether oxygens (including phenoxy) is 1. The Morgan fingerprint density at radius 1 is 1.12 bits per heavy atom. The third-order valence-electron chi connectivity index (χ3n) is 3.82. The Morgan fingerprint density at radius 3 is 2.12 bits per heavy atom. The first-order chi connectivity index (χ1) is 7.52. The van der Waals surface area contributed by atoms with E-state index in [1.165, 1.54) is 19.3 Å². The maximum atomic E-state index is 6.11. The van der Waals surface area contributed by atoms with E-state index in [-0.39, 0.29) is 0 Å². The summed E-state index contributed by atoms with van der Waals surface area (Å²) in [7, 11) is 0. The second-order valence-electron chi connectivity index (χ2n) is 6.03. The monoisotopic (exact) mass is 290 g/mol. The van der Waals surface area contributed by atoms with Crippen LogP contribution in [0.15, 0.2) is 0 Å². The zero-order valence-corrected chi connectivity index (χ0v) is 12.8. The van der Waals surface area contributed by atoms with E-state index < -0.39 is 0 Å². The zero-order valence-electron chi connectivity index (χ0n) is 11.2. The Bertz CT molecular complexity index is 183. The minimum atomic E-state index is 0.513. The van der Waals surface area contributed by atoms with Crippen LogP contribution in [0, 0.1) is 23.7 Å². The van der Waals surface area contributed by atoms with Crippen molar-refractivity contribution in [3.05, 3.63) is 0 Å². The average Bonchev–Trinajstić information content (AvgIpc) is 2.16. The second-order valence-corrected chi connectivity index (χ2v) is 6.68. The quantitative estimate of drug-likeness (QED) is 0.678. The van der Waals surface area contributed by atoms with Crippen LogP contribution < -0.4 is 0 Å². The molecule has 0 spiro atoms. The standard InChI is InChI=1S/C14H27BrO/c1-10(2)13(8-15)9-16-14-6-11(3)5-12(4)7-14/h10-14H,5-9H2,1-4H3. The van der Waals surface area contributed by atoms with Crippen LogP contribution in [-0.2, 0) is 4.74 Å². The van der Waals surface area contributed by atoms with Crippen molar-refractivity contribution in [1.82, 2.24) is 0 Å². The highest BCUT2D eigenvalue weighted by molar-refractivity contribution is 9.09. The molecule has 96 valence electrons. The molecule has 0 aromatic carbocycles. The van der Waals surface area contributed by atoms with Crippen molar-refractivity contribution in [3.63, 3.8) is 0 Å². The molecule has 0 amide bonds. The fourth-order valence-corrected chi connectivity index (χ4v) is 3.62. The minimum Gasteiger partial charge on any atom is -0.378 e. The Hall–Kier alpha value is 0.440. The molecule has 1 saturated carbocycles. The first kappa shape index (κ1) is 14.5. The van der Waals surface area contributed by atoms with E-state index in [0.717, 1.165) is 23.8 Å². The predicted molar refractivity (Wildman–Crippen MR) is 74.0 cm³/mol. The Balaban J connectivity index is 2.30. The van der Waals surface area contributed by atoms with Crippen molar-refractivity contribution >= 4 is 15.9 Å². The summed E-state index contributed by atoms with van der Waals surface area (Å²) in [6, 6.07) is 0. The molecule has 0 aromatic rings. The summed E-state index contributed by atoms with van der Waals surface area (Å²) < 4.78 is 6.11. The van der Waals surface area contributed by atoms with Gasteiger partial charge in [0.15, 0.2) is 0 Å². The highest BCUT2D eigenvalue weighted by Gasteiger charge is 2.25. The van der Waals surface area contributed by atoms with E-state index in [2.05, 4.69) is 43.6 Å². The Labute approximate surface area is 109 Å². The lowest BCUT2D eigenvalue weighted by molar-refractivity contribution is -0.0183. The molecule has 1 aliphatic carbocycles. The van der Waals surface area contributed by atoms with Gasteiger partial charge < -0.3 is 4.74 Å². The molecule has 1 fully saturated rings. The number of hydrogen-bond donors (Lipinski definition) is 0. The fraction of sp³-hybridized carbons (Fsp3) is 1.00. The maximum absolute atomic E-state index is 6.11. The predicted octanol–water partition coefficient (Wildman–Crippen LogP) is 4.49. The van der Waals surface area contributed by atoms with Gasteiger partial charge >= 0.3 is 0 Å². The van der Waals surface area contributed by atoms with Gasteiger partial charge in [0.2, 0.25) is 0 Å². The van der Waals surface area contributed by atoms with Crippen LogP contribution >= 0.6 is 15.9 Å². The van der Waals surface area contributed by atoms with Gasteiger partial charge in [0.05, 0.1) is 12.7 Å². The van der Waals surface area contributed by atoms with Gasteiger partial charge in [0.25, 0.3) is 0 Å². The molecule has 0 radical (unpaired) electrons. The lowest BCUT2D eigenvalue weighted by atomic mass is 9.82. The van der Waals surface area contributed by atoms with Crippen molar-refractivity contribution in [3.8, 4) is 0 Å². The minimum absolute atomic E-state index is 0.513.